The molecule has 0 radical (unpaired) electrons. The molecule has 148 valence electrons. The number of aromatic nitrogens is 1. The van der Waals surface area contributed by atoms with Crippen LogP contribution in [0.15, 0.2) is 60.7 Å². The molecule has 2 aromatic carbocycles. The molecule has 5 nitrogen and oxygen atoms in total. The van der Waals surface area contributed by atoms with E-state index < -0.39 is 11.9 Å². The van der Waals surface area contributed by atoms with Crippen LogP contribution in [0, 0.1) is 20.8 Å². The lowest BCUT2D eigenvalue weighted by atomic mass is 10.0. The van der Waals surface area contributed by atoms with Crippen molar-refractivity contribution >= 4 is 11.9 Å². The van der Waals surface area contributed by atoms with Gasteiger partial charge in [-0.1, -0.05) is 60.7 Å². The van der Waals surface area contributed by atoms with Crippen molar-refractivity contribution in [2.45, 2.75) is 34.0 Å². The fourth-order valence-corrected chi connectivity index (χ4v) is 2.93. The normalized spacial score (nSPS) is 10.4. The Morgan fingerprint density at radius 2 is 1.21 bits per heavy atom. The van der Waals surface area contributed by atoms with Gasteiger partial charge in [-0.15, -0.1) is 0 Å². The van der Waals surface area contributed by atoms with Crippen LogP contribution >= 0.6 is 0 Å². The molecular formula is C24H23NO4. The van der Waals surface area contributed by atoms with E-state index in [0.29, 0.717) is 11.3 Å². The van der Waals surface area contributed by atoms with E-state index in [2.05, 4.69) is 4.98 Å². The van der Waals surface area contributed by atoms with E-state index in [0.717, 1.165) is 16.7 Å². The molecule has 0 saturated carbocycles. The van der Waals surface area contributed by atoms with Crippen molar-refractivity contribution in [3.05, 3.63) is 99.9 Å². The van der Waals surface area contributed by atoms with Crippen LogP contribution in [0.5, 0.6) is 0 Å². The number of rotatable bonds is 6. The molecule has 0 N–H and O–H groups in total. The number of pyridine rings is 1. The molecule has 0 aliphatic rings. The molecule has 0 fully saturated rings. The Balaban J connectivity index is 1.84. The zero-order valence-corrected chi connectivity index (χ0v) is 16.8. The predicted molar refractivity (Wildman–Crippen MR) is 110 cm³/mol. The highest BCUT2D eigenvalue weighted by atomic mass is 16.5. The van der Waals surface area contributed by atoms with Crippen molar-refractivity contribution < 1.29 is 19.1 Å². The first-order valence-electron chi connectivity index (χ1n) is 9.37. The number of hydrogen-bond acceptors (Lipinski definition) is 5. The second kappa shape index (κ2) is 9.15. The molecular weight excluding hydrogens is 366 g/mol. The fraction of sp³-hybridized carbons (Fsp3) is 0.208. The van der Waals surface area contributed by atoms with Gasteiger partial charge in [-0.3, -0.25) is 0 Å². The van der Waals surface area contributed by atoms with Gasteiger partial charge in [0, 0.05) is 5.69 Å². The standard InChI is InChI=1S/C24H23NO4/c1-16-17(2)21(23(26)28-14-19-10-6-4-7-11-19)22(25-18(16)3)24(27)29-15-20-12-8-5-9-13-20/h4-13H,14-15H2,1-3H3. The van der Waals surface area contributed by atoms with Gasteiger partial charge < -0.3 is 9.47 Å². The monoisotopic (exact) mass is 389 g/mol. The molecule has 0 atom stereocenters. The molecule has 29 heavy (non-hydrogen) atoms. The van der Waals surface area contributed by atoms with Gasteiger partial charge in [0.15, 0.2) is 5.69 Å². The summed E-state index contributed by atoms with van der Waals surface area (Å²) < 4.78 is 10.9. The minimum atomic E-state index is -0.647. The maximum absolute atomic E-state index is 12.8. The third kappa shape index (κ3) is 4.88. The Kier molecular flexibility index (Phi) is 6.39. The summed E-state index contributed by atoms with van der Waals surface area (Å²) in [6.07, 6.45) is 0. The van der Waals surface area contributed by atoms with Crippen molar-refractivity contribution in [3.8, 4) is 0 Å². The molecule has 0 spiro atoms. The highest BCUT2D eigenvalue weighted by Crippen LogP contribution is 2.22. The molecule has 3 aromatic rings. The molecule has 0 aliphatic carbocycles. The quantitative estimate of drug-likeness (QED) is 0.571. The van der Waals surface area contributed by atoms with Crippen LogP contribution in [0.3, 0.4) is 0 Å². The molecule has 3 rings (SSSR count). The average molecular weight is 389 g/mol. The summed E-state index contributed by atoms with van der Waals surface area (Å²) in [4.78, 5) is 29.9. The van der Waals surface area contributed by atoms with Crippen LogP contribution in [0.25, 0.3) is 0 Å². The molecule has 1 heterocycles. The lowest BCUT2D eigenvalue weighted by molar-refractivity contribution is 0.0418. The first kappa shape index (κ1) is 20.3. The highest BCUT2D eigenvalue weighted by Gasteiger charge is 2.26. The average Bonchev–Trinajstić information content (AvgIpc) is 2.75. The number of hydrogen-bond donors (Lipinski definition) is 0. The van der Waals surface area contributed by atoms with Crippen LogP contribution < -0.4 is 0 Å². The third-order valence-electron chi connectivity index (χ3n) is 4.82. The van der Waals surface area contributed by atoms with Gasteiger partial charge in [0.2, 0.25) is 0 Å². The van der Waals surface area contributed by atoms with E-state index in [4.69, 9.17) is 9.47 Å². The van der Waals surface area contributed by atoms with Crippen molar-refractivity contribution in [2.24, 2.45) is 0 Å². The van der Waals surface area contributed by atoms with Crippen molar-refractivity contribution in [1.82, 2.24) is 4.98 Å². The van der Waals surface area contributed by atoms with E-state index in [1.807, 2.05) is 67.6 Å². The first-order chi connectivity index (χ1) is 14.0. The van der Waals surface area contributed by atoms with Crippen LogP contribution in [-0.2, 0) is 22.7 Å². The summed E-state index contributed by atoms with van der Waals surface area (Å²) in [7, 11) is 0. The molecule has 0 bridgehead atoms. The Labute approximate surface area is 170 Å². The van der Waals surface area contributed by atoms with Gasteiger partial charge >= 0.3 is 11.9 Å². The molecule has 0 unspecified atom stereocenters. The molecule has 5 heteroatoms. The smallest absolute Gasteiger partial charge is 0.358 e. The van der Waals surface area contributed by atoms with Crippen LogP contribution in [0.2, 0.25) is 0 Å². The van der Waals surface area contributed by atoms with Gasteiger partial charge in [0.05, 0.1) is 5.56 Å². The van der Waals surface area contributed by atoms with E-state index >= 15 is 0 Å². The molecule has 0 amide bonds. The summed E-state index contributed by atoms with van der Waals surface area (Å²) in [6.45, 7) is 5.67. The van der Waals surface area contributed by atoms with Gasteiger partial charge in [-0.05, 0) is 43.0 Å². The summed E-state index contributed by atoms with van der Waals surface area (Å²) in [6, 6.07) is 18.7. The topological polar surface area (TPSA) is 65.5 Å². The number of benzene rings is 2. The fourth-order valence-electron chi connectivity index (χ4n) is 2.93. The lowest BCUT2D eigenvalue weighted by Gasteiger charge is -2.15. The van der Waals surface area contributed by atoms with Crippen molar-refractivity contribution in [3.63, 3.8) is 0 Å². The Morgan fingerprint density at radius 3 is 1.72 bits per heavy atom. The number of ether oxygens (including phenoxy) is 2. The van der Waals surface area contributed by atoms with Gasteiger partial charge in [0.25, 0.3) is 0 Å². The second-order valence-electron chi connectivity index (χ2n) is 6.79. The van der Waals surface area contributed by atoms with E-state index in [1.54, 1.807) is 13.8 Å². The van der Waals surface area contributed by atoms with E-state index in [1.165, 1.54) is 0 Å². The number of carbonyl (C=O) groups excluding carboxylic acids is 2. The minimum Gasteiger partial charge on any atom is -0.457 e. The zero-order valence-electron chi connectivity index (χ0n) is 16.8. The number of aryl methyl sites for hydroxylation is 1. The maximum Gasteiger partial charge on any atom is 0.358 e. The largest absolute Gasteiger partial charge is 0.457 e. The second-order valence-corrected chi connectivity index (χ2v) is 6.79. The summed E-state index contributed by atoms with van der Waals surface area (Å²) in [5.41, 5.74) is 4.05. The SMILES string of the molecule is Cc1nc(C(=O)OCc2ccccc2)c(C(=O)OCc2ccccc2)c(C)c1C. The van der Waals surface area contributed by atoms with Crippen molar-refractivity contribution in [1.29, 1.82) is 0 Å². The van der Waals surface area contributed by atoms with E-state index in [9.17, 15) is 9.59 Å². The molecule has 0 saturated heterocycles. The van der Waals surface area contributed by atoms with Gasteiger partial charge in [0.1, 0.15) is 13.2 Å². The van der Waals surface area contributed by atoms with Gasteiger partial charge in [-0.2, -0.15) is 0 Å². The van der Waals surface area contributed by atoms with E-state index in [-0.39, 0.29) is 24.5 Å². The Morgan fingerprint density at radius 1 is 0.724 bits per heavy atom. The minimum absolute atomic E-state index is 0.0143. The Bertz CT molecular complexity index is 1010. The number of carbonyl (C=O) groups is 2. The highest BCUT2D eigenvalue weighted by molar-refractivity contribution is 6.03. The van der Waals surface area contributed by atoms with Crippen LogP contribution in [-0.4, -0.2) is 16.9 Å². The lowest BCUT2D eigenvalue weighted by Crippen LogP contribution is -2.19. The first-order valence-corrected chi connectivity index (χ1v) is 9.37. The Hall–Kier alpha value is -3.47. The van der Waals surface area contributed by atoms with Crippen LogP contribution in [0.1, 0.15) is 48.8 Å². The van der Waals surface area contributed by atoms with Gasteiger partial charge in [-0.25, -0.2) is 14.6 Å². The molecule has 1 aromatic heterocycles. The zero-order chi connectivity index (χ0) is 20.8. The third-order valence-corrected chi connectivity index (χ3v) is 4.82. The number of esters is 2. The summed E-state index contributed by atoms with van der Waals surface area (Å²) >= 11 is 0. The summed E-state index contributed by atoms with van der Waals surface area (Å²) in [5, 5.41) is 0. The van der Waals surface area contributed by atoms with Crippen LogP contribution in [0.4, 0.5) is 0 Å². The number of nitrogens with zero attached hydrogens (tertiary/aromatic N) is 1. The summed E-state index contributed by atoms with van der Waals surface area (Å²) in [5.74, 6) is -1.24. The predicted octanol–water partition coefficient (Wildman–Crippen LogP) is 4.72. The van der Waals surface area contributed by atoms with Crippen molar-refractivity contribution in [2.75, 3.05) is 0 Å². The molecule has 0 aliphatic heterocycles. The maximum atomic E-state index is 12.8.